The van der Waals surface area contributed by atoms with Crippen molar-refractivity contribution in [3.8, 4) is 10.4 Å². The zero-order valence-electron chi connectivity index (χ0n) is 16.8. The van der Waals surface area contributed by atoms with Crippen molar-refractivity contribution in [3.05, 3.63) is 70.0 Å². The van der Waals surface area contributed by atoms with Crippen molar-refractivity contribution in [3.63, 3.8) is 0 Å². The van der Waals surface area contributed by atoms with Gasteiger partial charge < -0.3 is 9.52 Å². The number of carbonyl (C=O) groups is 1. The van der Waals surface area contributed by atoms with Crippen LogP contribution in [0.2, 0.25) is 0 Å². The van der Waals surface area contributed by atoms with Gasteiger partial charge in [0.1, 0.15) is 5.76 Å². The van der Waals surface area contributed by atoms with Gasteiger partial charge in [-0.1, -0.05) is 38.1 Å². The summed E-state index contributed by atoms with van der Waals surface area (Å²) >= 11 is 1.63. The average molecular weight is 411 g/mol. The summed E-state index contributed by atoms with van der Waals surface area (Å²) in [5.41, 5.74) is 3.59. The topological polar surface area (TPSA) is 79.7 Å². The van der Waals surface area contributed by atoms with E-state index in [0.717, 1.165) is 46.6 Å². The smallest absolute Gasteiger partial charge is 0.337 e. The molecule has 5 nitrogen and oxygen atoms in total. The molecular formula is C23H26N2O3S. The van der Waals surface area contributed by atoms with Crippen LogP contribution >= 0.6 is 11.3 Å². The van der Waals surface area contributed by atoms with E-state index in [1.54, 1.807) is 22.6 Å². The van der Waals surface area contributed by atoms with Crippen LogP contribution in [0.5, 0.6) is 0 Å². The van der Waals surface area contributed by atoms with E-state index in [9.17, 15) is 9.90 Å². The summed E-state index contributed by atoms with van der Waals surface area (Å²) in [5, 5.41) is 11.7. The van der Waals surface area contributed by atoms with Crippen molar-refractivity contribution >= 4 is 17.3 Å². The number of nitrogens with zero attached hydrogens (tertiary/aromatic N) is 1. The third-order valence-electron chi connectivity index (χ3n) is 5.56. The highest BCUT2D eigenvalue weighted by atomic mass is 32.1. The Kier molecular flexibility index (Phi) is 5.34. The second-order valence-corrected chi connectivity index (χ2v) is 9.60. The molecule has 0 radical (unpaired) electrons. The zero-order valence-corrected chi connectivity index (χ0v) is 17.6. The number of aromatic carboxylic acids is 1. The number of hydrazine groups is 1. The van der Waals surface area contributed by atoms with Crippen LogP contribution in [-0.4, -0.2) is 16.1 Å². The first-order chi connectivity index (χ1) is 13.8. The van der Waals surface area contributed by atoms with E-state index in [0.29, 0.717) is 18.7 Å². The van der Waals surface area contributed by atoms with Crippen molar-refractivity contribution in [2.24, 2.45) is 11.3 Å². The molecule has 3 aromatic rings. The molecule has 1 aromatic carbocycles. The van der Waals surface area contributed by atoms with Crippen molar-refractivity contribution in [1.82, 2.24) is 5.01 Å². The number of fused-ring (bicyclic) bond motifs is 1. The number of furan rings is 1. The summed E-state index contributed by atoms with van der Waals surface area (Å²) in [5.74, 6) is 6.19. The molecule has 0 saturated heterocycles. The summed E-state index contributed by atoms with van der Waals surface area (Å²) in [4.78, 5) is 14.3. The van der Waals surface area contributed by atoms with Gasteiger partial charge in [-0.2, -0.15) is 0 Å². The Hall–Kier alpha value is -2.41. The average Bonchev–Trinajstić information content (AvgIpc) is 3.28. The molecule has 0 bridgehead atoms. The summed E-state index contributed by atoms with van der Waals surface area (Å²) in [6.45, 7) is 5.42. The number of hydrogen-bond donors (Lipinski definition) is 2. The number of hydrogen-bond acceptors (Lipinski definition) is 5. The maximum Gasteiger partial charge on any atom is 0.337 e. The second-order valence-electron chi connectivity index (χ2n) is 8.50. The lowest BCUT2D eigenvalue weighted by Crippen LogP contribution is -2.29. The van der Waals surface area contributed by atoms with Crippen LogP contribution in [0.3, 0.4) is 0 Å². The highest BCUT2D eigenvalue weighted by Gasteiger charge is 2.33. The zero-order chi connectivity index (χ0) is 20.6. The number of nitrogens with two attached hydrogens (primary N) is 1. The Morgan fingerprint density at radius 2 is 2.03 bits per heavy atom. The standard InChI is InChI=1S/C23H26N2O3S/c1-23(2)10-9-19-18(12-23)20(22(26)27)21(29-19)17-8-4-3-6-15(17)13-25(24)14-16-7-5-11-28-16/h3-8,11H,9-10,12-14,24H2,1-2H3,(H,26,27). The van der Waals surface area contributed by atoms with Crippen LogP contribution in [-0.2, 0) is 25.9 Å². The van der Waals surface area contributed by atoms with Gasteiger partial charge in [0.05, 0.1) is 18.4 Å². The largest absolute Gasteiger partial charge is 0.478 e. The fraction of sp³-hybridized carbons (Fsp3) is 0.348. The molecule has 0 amide bonds. The molecule has 1 aliphatic rings. The Bertz CT molecular complexity index is 1020. The van der Waals surface area contributed by atoms with Crippen LogP contribution in [0.15, 0.2) is 47.1 Å². The molecule has 0 unspecified atom stereocenters. The van der Waals surface area contributed by atoms with Crippen LogP contribution in [0, 0.1) is 5.41 Å². The molecule has 6 heteroatoms. The highest BCUT2D eigenvalue weighted by Crippen LogP contribution is 2.45. The van der Waals surface area contributed by atoms with Gasteiger partial charge in [-0.05, 0) is 53.5 Å². The highest BCUT2D eigenvalue weighted by molar-refractivity contribution is 7.16. The Morgan fingerprint density at radius 3 is 2.76 bits per heavy atom. The molecule has 0 atom stereocenters. The first-order valence-electron chi connectivity index (χ1n) is 9.82. The monoisotopic (exact) mass is 410 g/mol. The van der Waals surface area contributed by atoms with E-state index in [1.807, 2.05) is 36.4 Å². The Morgan fingerprint density at radius 1 is 1.24 bits per heavy atom. The van der Waals surface area contributed by atoms with Crippen LogP contribution in [0.4, 0.5) is 0 Å². The van der Waals surface area contributed by atoms with Crippen molar-refractivity contribution in [2.75, 3.05) is 0 Å². The van der Waals surface area contributed by atoms with Crippen LogP contribution < -0.4 is 5.84 Å². The maximum atomic E-state index is 12.2. The minimum atomic E-state index is -0.842. The van der Waals surface area contributed by atoms with Crippen LogP contribution in [0.25, 0.3) is 10.4 Å². The summed E-state index contributed by atoms with van der Waals surface area (Å²) < 4.78 is 5.38. The number of benzene rings is 1. The van der Waals surface area contributed by atoms with Gasteiger partial charge in [0.15, 0.2) is 0 Å². The molecule has 0 saturated carbocycles. The van der Waals surface area contributed by atoms with Crippen molar-refractivity contribution in [2.45, 2.75) is 46.2 Å². The molecule has 0 fully saturated rings. The Labute approximate surface area is 174 Å². The fourth-order valence-electron chi connectivity index (χ4n) is 4.09. The number of carboxylic acids is 1. The predicted molar refractivity (Wildman–Crippen MR) is 115 cm³/mol. The number of aryl methyl sites for hydroxylation is 1. The SMILES string of the molecule is CC1(C)CCc2sc(-c3ccccc3CN(N)Cc3ccco3)c(C(=O)O)c2C1. The first-order valence-corrected chi connectivity index (χ1v) is 10.6. The van der Waals surface area contributed by atoms with Gasteiger partial charge in [-0.3, -0.25) is 5.84 Å². The molecule has 2 aromatic heterocycles. The predicted octanol–water partition coefficient (Wildman–Crippen LogP) is 5.10. The van der Waals surface area contributed by atoms with E-state index >= 15 is 0 Å². The van der Waals surface area contributed by atoms with Gasteiger partial charge >= 0.3 is 5.97 Å². The lowest BCUT2D eigenvalue weighted by Gasteiger charge is -2.29. The lowest BCUT2D eigenvalue weighted by molar-refractivity contribution is 0.0696. The van der Waals surface area contributed by atoms with Crippen LogP contribution in [0.1, 0.15) is 52.4 Å². The first kappa shape index (κ1) is 19.9. The molecule has 1 aliphatic carbocycles. The normalized spacial score (nSPS) is 15.4. The lowest BCUT2D eigenvalue weighted by atomic mass is 9.76. The van der Waals surface area contributed by atoms with E-state index in [4.69, 9.17) is 10.3 Å². The minimum absolute atomic E-state index is 0.131. The fourth-order valence-corrected chi connectivity index (χ4v) is 5.46. The Balaban J connectivity index is 1.71. The second kappa shape index (κ2) is 7.78. The molecule has 2 heterocycles. The van der Waals surface area contributed by atoms with Crippen molar-refractivity contribution < 1.29 is 14.3 Å². The molecule has 152 valence electrons. The summed E-state index contributed by atoms with van der Waals surface area (Å²) in [6, 6.07) is 11.7. The number of thiophene rings is 1. The third kappa shape index (κ3) is 4.15. The number of rotatable bonds is 6. The molecule has 0 spiro atoms. The minimum Gasteiger partial charge on any atom is -0.478 e. The molecule has 3 N–H and O–H groups in total. The van der Waals surface area contributed by atoms with Gasteiger partial charge in [0.25, 0.3) is 0 Å². The van der Waals surface area contributed by atoms with Gasteiger partial charge in [0, 0.05) is 16.3 Å². The van der Waals surface area contributed by atoms with E-state index < -0.39 is 5.97 Å². The third-order valence-corrected chi connectivity index (χ3v) is 6.89. The van der Waals surface area contributed by atoms with E-state index in [2.05, 4.69) is 13.8 Å². The molecule has 29 heavy (non-hydrogen) atoms. The molecular weight excluding hydrogens is 384 g/mol. The van der Waals surface area contributed by atoms with E-state index in [1.165, 1.54) is 4.88 Å². The summed E-state index contributed by atoms with van der Waals surface area (Å²) in [7, 11) is 0. The number of carboxylic acid groups (broad SMARTS) is 1. The maximum absolute atomic E-state index is 12.2. The molecule has 0 aliphatic heterocycles. The molecule has 4 rings (SSSR count). The van der Waals surface area contributed by atoms with Gasteiger partial charge in [-0.25, -0.2) is 9.80 Å². The van der Waals surface area contributed by atoms with Crippen molar-refractivity contribution in [1.29, 1.82) is 0 Å². The quantitative estimate of drug-likeness (QED) is 0.437. The van der Waals surface area contributed by atoms with E-state index in [-0.39, 0.29) is 5.41 Å². The summed E-state index contributed by atoms with van der Waals surface area (Å²) in [6.07, 6.45) is 4.47. The van der Waals surface area contributed by atoms with Gasteiger partial charge in [0.2, 0.25) is 0 Å². The van der Waals surface area contributed by atoms with Gasteiger partial charge in [-0.15, -0.1) is 11.3 Å².